The van der Waals surface area contributed by atoms with Crippen molar-refractivity contribution in [2.24, 2.45) is 0 Å². The van der Waals surface area contributed by atoms with Gasteiger partial charge in [0.2, 0.25) is 5.91 Å². The van der Waals surface area contributed by atoms with Crippen LogP contribution in [0.1, 0.15) is 27.7 Å². The summed E-state index contributed by atoms with van der Waals surface area (Å²) in [6, 6.07) is 10.9. The number of thioether (sulfide) groups is 1. The van der Waals surface area contributed by atoms with Crippen LogP contribution in [-0.2, 0) is 11.3 Å². The van der Waals surface area contributed by atoms with Gasteiger partial charge in [0.1, 0.15) is 0 Å². The molecule has 0 aliphatic rings. The van der Waals surface area contributed by atoms with Crippen LogP contribution in [0.15, 0.2) is 52.4 Å². The summed E-state index contributed by atoms with van der Waals surface area (Å²) in [4.78, 5) is 32.5. The van der Waals surface area contributed by atoms with Gasteiger partial charge in [-0.05, 0) is 52.0 Å². The average Bonchev–Trinajstić information content (AvgIpc) is 2.76. The van der Waals surface area contributed by atoms with E-state index in [0.29, 0.717) is 41.2 Å². The van der Waals surface area contributed by atoms with Crippen molar-refractivity contribution in [3.05, 3.63) is 64.5 Å². The van der Waals surface area contributed by atoms with Crippen LogP contribution in [0.2, 0.25) is 0 Å². The number of benzene rings is 2. The number of rotatable bonds is 9. The molecule has 0 saturated carbocycles. The Morgan fingerprint density at radius 1 is 1.09 bits per heavy atom. The maximum absolute atomic E-state index is 13.4. The maximum atomic E-state index is 13.4. The fraction of sp³-hybridized carbons (Fsp3) is 0.375. The Labute approximate surface area is 196 Å². The molecule has 3 aromatic rings. The summed E-state index contributed by atoms with van der Waals surface area (Å²) in [5.41, 5.74) is 0.566. The van der Waals surface area contributed by atoms with Crippen molar-refractivity contribution in [1.29, 1.82) is 0 Å². The molecule has 1 aromatic heterocycles. The number of hydrogen-bond donors (Lipinski definition) is 1. The Hall–Kier alpha value is -2.78. The zero-order chi connectivity index (χ0) is 24.1. The highest BCUT2D eigenvalue weighted by molar-refractivity contribution is 7.99. The fourth-order valence-electron chi connectivity index (χ4n) is 3.68. The fourth-order valence-corrected chi connectivity index (χ4v) is 4.51. The summed E-state index contributed by atoms with van der Waals surface area (Å²) in [5.74, 6) is -2.47. The third-order valence-corrected chi connectivity index (χ3v) is 6.25. The Balaban J connectivity index is 1.82. The minimum Gasteiger partial charge on any atom is -0.325 e. The van der Waals surface area contributed by atoms with Crippen LogP contribution in [0.3, 0.4) is 0 Å². The molecular formula is C24H28F2N4O2S. The van der Waals surface area contributed by atoms with Crippen LogP contribution in [0, 0.1) is 11.6 Å². The van der Waals surface area contributed by atoms with Gasteiger partial charge < -0.3 is 5.32 Å². The van der Waals surface area contributed by atoms with Crippen molar-refractivity contribution >= 4 is 34.3 Å². The van der Waals surface area contributed by atoms with Crippen LogP contribution in [0.25, 0.3) is 10.9 Å². The Morgan fingerprint density at radius 3 is 2.45 bits per heavy atom. The maximum Gasteiger partial charge on any atom is 0.262 e. The Bertz CT molecular complexity index is 1190. The lowest BCUT2D eigenvalue weighted by Crippen LogP contribution is -2.40. The van der Waals surface area contributed by atoms with E-state index >= 15 is 0 Å². The van der Waals surface area contributed by atoms with Gasteiger partial charge >= 0.3 is 0 Å². The number of anilines is 1. The predicted octanol–water partition coefficient (Wildman–Crippen LogP) is 4.52. The van der Waals surface area contributed by atoms with Crippen LogP contribution < -0.4 is 10.9 Å². The number of nitrogens with zero attached hydrogens (tertiary/aromatic N) is 3. The van der Waals surface area contributed by atoms with E-state index < -0.39 is 17.5 Å². The summed E-state index contributed by atoms with van der Waals surface area (Å²) in [7, 11) is 0. The standard InChI is InChI=1S/C24H28F2N4O2S/c1-15(2)29(16(3)4)11-12-30-23(32)18-7-5-6-8-21(18)28-24(30)33-14-22(31)27-17-9-10-19(25)20(26)13-17/h5-10,13,15-16H,11-12,14H2,1-4H3,(H,27,31). The smallest absolute Gasteiger partial charge is 0.262 e. The van der Waals surface area contributed by atoms with Crippen molar-refractivity contribution in [3.63, 3.8) is 0 Å². The molecule has 0 fully saturated rings. The van der Waals surface area contributed by atoms with Crippen molar-refractivity contribution < 1.29 is 13.6 Å². The van der Waals surface area contributed by atoms with Gasteiger partial charge in [-0.3, -0.25) is 19.1 Å². The molecule has 0 aliphatic carbocycles. The van der Waals surface area contributed by atoms with E-state index in [-0.39, 0.29) is 17.0 Å². The second kappa shape index (κ2) is 10.9. The summed E-state index contributed by atoms with van der Waals surface area (Å²) in [6.07, 6.45) is 0. The molecule has 1 N–H and O–H groups in total. The number of nitrogens with one attached hydrogen (secondary N) is 1. The van der Waals surface area contributed by atoms with Crippen molar-refractivity contribution in [3.8, 4) is 0 Å². The van der Waals surface area contributed by atoms with Crippen LogP contribution in [0.4, 0.5) is 14.5 Å². The van der Waals surface area contributed by atoms with Crippen molar-refractivity contribution in [2.75, 3.05) is 17.6 Å². The molecule has 0 aliphatic heterocycles. The van der Waals surface area contributed by atoms with E-state index in [1.54, 1.807) is 22.8 Å². The van der Waals surface area contributed by atoms with E-state index in [1.807, 2.05) is 6.07 Å². The number of amides is 1. The third-order valence-electron chi connectivity index (χ3n) is 5.27. The molecule has 2 aromatic carbocycles. The summed E-state index contributed by atoms with van der Waals surface area (Å²) in [6.45, 7) is 9.53. The van der Waals surface area contributed by atoms with Gasteiger partial charge in [0.15, 0.2) is 16.8 Å². The quantitative estimate of drug-likeness (QED) is 0.365. The average molecular weight is 475 g/mol. The number of fused-ring (bicyclic) bond motifs is 1. The largest absolute Gasteiger partial charge is 0.325 e. The first-order chi connectivity index (χ1) is 15.7. The van der Waals surface area contributed by atoms with E-state index in [4.69, 9.17) is 0 Å². The van der Waals surface area contributed by atoms with Crippen LogP contribution in [-0.4, -0.2) is 44.7 Å². The summed E-state index contributed by atoms with van der Waals surface area (Å²) >= 11 is 1.13. The van der Waals surface area contributed by atoms with Gasteiger partial charge in [-0.15, -0.1) is 0 Å². The zero-order valence-corrected chi connectivity index (χ0v) is 20.0. The van der Waals surface area contributed by atoms with Gasteiger partial charge in [-0.25, -0.2) is 13.8 Å². The van der Waals surface area contributed by atoms with Gasteiger partial charge in [-0.1, -0.05) is 23.9 Å². The van der Waals surface area contributed by atoms with E-state index in [1.165, 1.54) is 6.07 Å². The molecule has 0 atom stereocenters. The number of aromatic nitrogens is 2. The predicted molar refractivity (Wildman–Crippen MR) is 129 cm³/mol. The van der Waals surface area contributed by atoms with Crippen molar-refractivity contribution in [1.82, 2.24) is 14.5 Å². The lowest BCUT2D eigenvalue weighted by molar-refractivity contribution is -0.113. The molecule has 176 valence electrons. The minimum absolute atomic E-state index is 0.0398. The molecule has 9 heteroatoms. The van der Waals surface area contributed by atoms with Crippen LogP contribution >= 0.6 is 11.8 Å². The van der Waals surface area contributed by atoms with E-state index in [0.717, 1.165) is 23.9 Å². The van der Waals surface area contributed by atoms with Gasteiger partial charge in [0.25, 0.3) is 5.56 Å². The molecule has 0 radical (unpaired) electrons. The Morgan fingerprint density at radius 2 is 1.79 bits per heavy atom. The molecule has 0 bridgehead atoms. The van der Waals surface area contributed by atoms with Gasteiger partial charge in [0.05, 0.1) is 16.7 Å². The first-order valence-corrected chi connectivity index (χ1v) is 11.8. The topological polar surface area (TPSA) is 67.2 Å². The lowest BCUT2D eigenvalue weighted by Gasteiger charge is -2.30. The first kappa shape index (κ1) is 24.9. The normalized spacial score (nSPS) is 11.7. The zero-order valence-electron chi connectivity index (χ0n) is 19.1. The van der Waals surface area contributed by atoms with Gasteiger partial charge in [-0.2, -0.15) is 0 Å². The third kappa shape index (κ3) is 6.17. The number of carbonyl (C=O) groups excluding carboxylic acids is 1. The lowest BCUT2D eigenvalue weighted by atomic mass is 10.2. The van der Waals surface area contributed by atoms with E-state index in [2.05, 4.69) is 42.9 Å². The molecule has 0 unspecified atom stereocenters. The molecule has 0 saturated heterocycles. The monoisotopic (exact) mass is 474 g/mol. The molecule has 6 nitrogen and oxygen atoms in total. The summed E-state index contributed by atoms with van der Waals surface area (Å²) in [5, 5.41) is 3.50. The molecule has 3 rings (SSSR count). The van der Waals surface area contributed by atoms with E-state index in [9.17, 15) is 18.4 Å². The second-order valence-corrected chi connectivity index (χ2v) is 9.20. The highest BCUT2D eigenvalue weighted by Crippen LogP contribution is 2.20. The highest BCUT2D eigenvalue weighted by Gasteiger charge is 2.17. The number of para-hydroxylation sites is 1. The summed E-state index contributed by atoms with van der Waals surface area (Å²) < 4.78 is 28.1. The number of halogens is 2. The molecule has 1 amide bonds. The van der Waals surface area contributed by atoms with Gasteiger partial charge in [0, 0.05) is 36.9 Å². The molecule has 1 heterocycles. The second-order valence-electron chi connectivity index (χ2n) is 8.26. The SMILES string of the molecule is CC(C)N(CCn1c(SCC(=O)Nc2ccc(F)c(F)c2)nc2ccccc2c1=O)C(C)C. The number of carbonyl (C=O) groups is 1. The highest BCUT2D eigenvalue weighted by atomic mass is 32.2. The van der Waals surface area contributed by atoms with Crippen molar-refractivity contribution in [2.45, 2.75) is 51.5 Å². The molecule has 0 spiro atoms. The Kier molecular flexibility index (Phi) is 8.20. The number of hydrogen-bond acceptors (Lipinski definition) is 5. The van der Waals surface area contributed by atoms with Crippen LogP contribution in [0.5, 0.6) is 0 Å². The minimum atomic E-state index is -1.04. The first-order valence-electron chi connectivity index (χ1n) is 10.8. The molecule has 33 heavy (non-hydrogen) atoms. The molecular weight excluding hydrogens is 446 g/mol.